The molecule has 6 nitrogen and oxygen atoms in total. The molecule has 0 aromatic carbocycles. The summed E-state index contributed by atoms with van der Waals surface area (Å²) in [6.07, 6.45) is 1.26. The number of methoxy groups -OCH3 is 1. The summed E-state index contributed by atoms with van der Waals surface area (Å²) in [6, 6.07) is 0.0769. The predicted molar refractivity (Wildman–Crippen MR) is 68.7 cm³/mol. The molecule has 0 unspecified atom stereocenters. The number of carbonyl (C=O) groups excluding carboxylic acids is 1. The maximum Gasteiger partial charge on any atom is 0.305 e. The van der Waals surface area contributed by atoms with Gasteiger partial charge < -0.3 is 10.1 Å². The van der Waals surface area contributed by atoms with Gasteiger partial charge in [-0.2, -0.15) is 4.31 Å². The summed E-state index contributed by atoms with van der Waals surface area (Å²) in [5.74, 6) is -0.351. The molecule has 1 heterocycles. The molecule has 0 aromatic heterocycles. The smallest absolute Gasteiger partial charge is 0.305 e. The normalized spacial score (nSPS) is 16.6. The molecule has 0 saturated carbocycles. The molecule has 106 valence electrons. The van der Waals surface area contributed by atoms with E-state index in [9.17, 15) is 13.2 Å². The minimum Gasteiger partial charge on any atom is -0.469 e. The largest absolute Gasteiger partial charge is 0.469 e. The fraction of sp³-hybridized carbons (Fsp3) is 0.909. The van der Waals surface area contributed by atoms with Crippen LogP contribution < -0.4 is 5.32 Å². The van der Waals surface area contributed by atoms with Crippen LogP contribution in [-0.4, -0.2) is 57.2 Å². The average Bonchev–Trinajstić information content (AvgIpc) is 2.25. The minimum atomic E-state index is -3.26. The van der Waals surface area contributed by atoms with E-state index < -0.39 is 10.0 Å². The van der Waals surface area contributed by atoms with E-state index in [4.69, 9.17) is 0 Å². The maximum absolute atomic E-state index is 12.2. The van der Waals surface area contributed by atoms with Gasteiger partial charge in [0.15, 0.2) is 0 Å². The van der Waals surface area contributed by atoms with Gasteiger partial charge >= 0.3 is 5.97 Å². The highest BCUT2D eigenvalue weighted by atomic mass is 32.2. The van der Waals surface area contributed by atoms with E-state index >= 15 is 0 Å². The summed E-state index contributed by atoms with van der Waals surface area (Å²) in [5, 5.41) is 3.08. The summed E-state index contributed by atoms with van der Waals surface area (Å²) in [4.78, 5) is 11.0. The molecule has 1 rings (SSSR count). The van der Waals surface area contributed by atoms with Crippen molar-refractivity contribution in [3.63, 3.8) is 0 Å². The van der Waals surface area contributed by atoms with Crippen LogP contribution >= 0.6 is 0 Å². The van der Waals surface area contributed by atoms with Crippen molar-refractivity contribution in [2.24, 2.45) is 0 Å². The number of sulfonamides is 1. The maximum atomic E-state index is 12.2. The topological polar surface area (TPSA) is 75.7 Å². The molecule has 1 fully saturated rings. The second kappa shape index (κ2) is 7.06. The molecule has 1 N–H and O–H groups in total. The summed E-state index contributed by atoms with van der Waals surface area (Å²) in [5.41, 5.74) is 0. The van der Waals surface area contributed by atoms with E-state index in [0.717, 1.165) is 19.5 Å². The summed E-state index contributed by atoms with van der Waals surface area (Å²) in [7, 11) is -1.96. The second-order valence-corrected chi connectivity index (χ2v) is 6.46. The highest BCUT2D eigenvalue weighted by Gasteiger charge is 2.32. The third-order valence-corrected chi connectivity index (χ3v) is 4.98. The van der Waals surface area contributed by atoms with Crippen LogP contribution in [0.5, 0.6) is 0 Å². The molecule has 0 spiro atoms. The van der Waals surface area contributed by atoms with Crippen molar-refractivity contribution in [1.29, 1.82) is 0 Å². The van der Waals surface area contributed by atoms with Crippen LogP contribution in [0, 0.1) is 0 Å². The molecule has 0 amide bonds. The van der Waals surface area contributed by atoms with Gasteiger partial charge in [-0.3, -0.25) is 4.79 Å². The highest BCUT2D eigenvalue weighted by molar-refractivity contribution is 7.89. The molecule has 1 saturated heterocycles. The Labute approximate surface area is 109 Å². The van der Waals surface area contributed by atoms with Crippen LogP contribution in [0.3, 0.4) is 0 Å². The van der Waals surface area contributed by atoms with E-state index in [2.05, 4.69) is 10.1 Å². The number of hydrogen-bond acceptors (Lipinski definition) is 5. The Bertz CT molecular complexity index is 365. The quantitative estimate of drug-likeness (QED) is 0.630. The molecule has 0 atom stereocenters. The standard InChI is InChI=1S/C11H22N2O4S/c1-3-6-13(10-8-12-9-10)18(15,16)7-4-5-11(14)17-2/h10,12H,3-9H2,1-2H3. The van der Waals surface area contributed by atoms with Gasteiger partial charge in [-0.1, -0.05) is 6.92 Å². The van der Waals surface area contributed by atoms with Crippen LogP contribution in [0.4, 0.5) is 0 Å². The summed E-state index contributed by atoms with van der Waals surface area (Å²) < 4.78 is 30.4. The van der Waals surface area contributed by atoms with E-state index in [0.29, 0.717) is 13.0 Å². The van der Waals surface area contributed by atoms with Gasteiger partial charge in [-0.15, -0.1) is 0 Å². The Hall–Kier alpha value is -0.660. The first-order valence-electron chi connectivity index (χ1n) is 6.28. The molecular weight excluding hydrogens is 256 g/mol. The van der Waals surface area contributed by atoms with Gasteiger partial charge in [0.1, 0.15) is 0 Å². The number of nitrogens with zero attached hydrogens (tertiary/aromatic N) is 1. The van der Waals surface area contributed by atoms with Crippen molar-refractivity contribution >= 4 is 16.0 Å². The first-order valence-corrected chi connectivity index (χ1v) is 7.89. The number of carbonyl (C=O) groups is 1. The molecule has 18 heavy (non-hydrogen) atoms. The number of rotatable bonds is 8. The van der Waals surface area contributed by atoms with E-state index in [1.165, 1.54) is 7.11 Å². The van der Waals surface area contributed by atoms with Crippen LogP contribution in [0.15, 0.2) is 0 Å². The third kappa shape index (κ3) is 4.22. The summed E-state index contributed by atoms with van der Waals surface area (Å²) in [6.45, 7) is 3.95. The van der Waals surface area contributed by atoms with E-state index in [1.54, 1.807) is 4.31 Å². The Morgan fingerprint density at radius 2 is 2.11 bits per heavy atom. The number of ether oxygens (including phenoxy) is 1. The number of hydrogen-bond donors (Lipinski definition) is 1. The Balaban J connectivity index is 2.50. The van der Waals surface area contributed by atoms with Crippen LogP contribution in [0.1, 0.15) is 26.2 Å². The first-order chi connectivity index (χ1) is 8.51. The Morgan fingerprint density at radius 1 is 1.44 bits per heavy atom. The molecule has 0 bridgehead atoms. The molecule has 0 aromatic rings. The highest BCUT2D eigenvalue weighted by Crippen LogP contribution is 2.14. The zero-order valence-corrected chi connectivity index (χ0v) is 11.8. The molecule has 1 aliphatic heterocycles. The van der Waals surface area contributed by atoms with Crippen molar-refractivity contribution in [1.82, 2.24) is 9.62 Å². The lowest BCUT2D eigenvalue weighted by molar-refractivity contribution is -0.140. The van der Waals surface area contributed by atoms with Crippen molar-refractivity contribution in [2.75, 3.05) is 32.5 Å². The number of esters is 1. The van der Waals surface area contributed by atoms with Crippen LogP contribution in [0.2, 0.25) is 0 Å². The number of nitrogens with one attached hydrogen (secondary N) is 1. The lowest BCUT2D eigenvalue weighted by atomic mass is 10.2. The SMILES string of the molecule is CCCN(C1CNC1)S(=O)(=O)CCCC(=O)OC. The Kier molecular flexibility index (Phi) is 6.04. The molecule has 7 heteroatoms. The Morgan fingerprint density at radius 3 is 2.56 bits per heavy atom. The van der Waals surface area contributed by atoms with Crippen LogP contribution in [-0.2, 0) is 19.6 Å². The van der Waals surface area contributed by atoms with Crippen molar-refractivity contribution < 1.29 is 17.9 Å². The van der Waals surface area contributed by atoms with Gasteiger partial charge in [0, 0.05) is 32.1 Å². The lowest BCUT2D eigenvalue weighted by Crippen LogP contribution is -2.59. The monoisotopic (exact) mass is 278 g/mol. The zero-order valence-electron chi connectivity index (χ0n) is 11.0. The third-order valence-electron chi connectivity index (χ3n) is 2.98. The van der Waals surface area contributed by atoms with Gasteiger partial charge in [-0.05, 0) is 12.8 Å². The van der Waals surface area contributed by atoms with Crippen molar-refractivity contribution in [3.05, 3.63) is 0 Å². The van der Waals surface area contributed by atoms with Gasteiger partial charge in [0.25, 0.3) is 0 Å². The molecule has 0 radical (unpaired) electrons. The first kappa shape index (κ1) is 15.4. The molecule has 1 aliphatic rings. The predicted octanol–water partition coefficient (Wildman–Crippen LogP) is -0.0468. The van der Waals surface area contributed by atoms with Crippen molar-refractivity contribution in [3.8, 4) is 0 Å². The second-order valence-electron chi connectivity index (χ2n) is 4.42. The lowest BCUT2D eigenvalue weighted by Gasteiger charge is -2.37. The van der Waals surface area contributed by atoms with Gasteiger partial charge in [0.2, 0.25) is 10.0 Å². The fourth-order valence-electron chi connectivity index (χ4n) is 1.86. The minimum absolute atomic E-state index is 0.0125. The van der Waals surface area contributed by atoms with Gasteiger partial charge in [-0.25, -0.2) is 8.42 Å². The van der Waals surface area contributed by atoms with E-state index in [1.807, 2.05) is 6.92 Å². The van der Waals surface area contributed by atoms with Crippen LogP contribution in [0.25, 0.3) is 0 Å². The van der Waals surface area contributed by atoms with Crippen molar-refractivity contribution in [2.45, 2.75) is 32.2 Å². The fourth-order valence-corrected chi connectivity index (χ4v) is 3.67. The van der Waals surface area contributed by atoms with Gasteiger partial charge in [0.05, 0.1) is 12.9 Å². The zero-order chi connectivity index (χ0) is 13.6. The summed E-state index contributed by atoms with van der Waals surface area (Å²) >= 11 is 0. The molecular formula is C11H22N2O4S. The molecule has 0 aliphatic carbocycles. The van der Waals surface area contributed by atoms with E-state index in [-0.39, 0.29) is 24.2 Å². The average molecular weight is 278 g/mol.